The number of rotatable bonds is 7. The van der Waals surface area contributed by atoms with E-state index in [-0.39, 0.29) is 11.7 Å². The zero-order valence-electron chi connectivity index (χ0n) is 10.5. The van der Waals surface area contributed by atoms with E-state index >= 15 is 0 Å². The van der Waals surface area contributed by atoms with Crippen LogP contribution in [0.25, 0.3) is 0 Å². The van der Waals surface area contributed by atoms with E-state index < -0.39 is 5.82 Å². The summed E-state index contributed by atoms with van der Waals surface area (Å²) in [5.41, 5.74) is 0.490. The van der Waals surface area contributed by atoms with Gasteiger partial charge < -0.3 is 15.7 Å². The monoisotopic (exact) mass is 254 g/mol. The first kappa shape index (κ1) is 14.4. The maximum absolute atomic E-state index is 13.0. The molecule has 0 bridgehead atoms. The fourth-order valence-electron chi connectivity index (χ4n) is 1.48. The highest BCUT2D eigenvalue weighted by molar-refractivity contribution is 5.75. The van der Waals surface area contributed by atoms with Crippen molar-refractivity contribution < 1.29 is 14.3 Å². The number of hydrogen-bond donors (Lipinski definition) is 3. The first-order valence-corrected chi connectivity index (χ1v) is 6.09. The molecule has 0 unspecified atom stereocenters. The molecule has 0 aromatic heterocycles. The van der Waals surface area contributed by atoms with Gasteiger partial charge in [-0.1, -0.05) is 19.1 Å². The minimum absolute atomic E-state index is 0.00665. The molecule has 1 amide bonds. The van der Waals surface area contributed by atoms with Crippen LogP contribution in [0.15, 0.2) is 18.2 Å². The second-order valence-electron chi connectivity index (χ2n) is 4.02. The van der Waals surface area contributed by atoms with Crippen molar-refractivity contribution in [2.45, 2.75) is 26.3 Å². The van der Waals surface area contributed by atoms with Crippen molar-refractivity contribution in [3.63, 3.8) is 0 Å². The number of halogens is 1. The minimum Gasteiger partial charge on any atom is -0.505 e. The van der Waals surface area contributed by atoms with Crippen LogP contribution >= 0.6 is 0 Å². The van der Waals surface area contributed by atoms with Gasteiger partial charge in [0.05, 0.1) is 0 Å². The first-order valence-electron chi connectivity index (χ1n) is 6.09. The molecular formula is C13H19FN2O2. The molecule has 0 aliphatic heterocycles. The number of carbonyl (C=O) groups is 1. The van der Waals surface area contributed by atoms with Gasteiger partial charge in [0.2, 0.25) is 5.91 Å². The summed E-state index contributed by atoms with van der Waals surface area (Å²) in [5, 5.41) is 15.2. The number of phenols is 1. The number of hydrogen-bond acceptors (Lipinski definition) is 3. The van der Waals surface area contributed by atoms with Crippen LogP contribution in [0.4, 0.5) is 4.39 Å². The molecule has 0 atom stereocenters. The van der Waals surface area contributed by atoms with Crippen LogP contribution in [-0.2, 0) is 11.3 Å². The van der Waals surface area contributed by atoms with E-state index in [9.17, 15) is 14.3 Å². The van der Waals surface area contributed by atoms with E-state index in [0.29, 0.717) is 31.6 Å². The second kappa shape index (κ2) is 7.66. The molecule has 0 spiro atoms. The normalized spacial score (nSPS) is 10.3. The number of carbonyl (C=O) groups excluding carboxylic acids is 1. The third kappa shape index (κ3) is 4.71. The fraction of sp³-hybridized carbons (Fsp3) is 0.462. The molecule has 0 heterocycles. The van der Waals surface area contributed by atoms with Crippen molar-refractivity contribution in [2.24, 2.45) is 0 Å². The Morgan fingerprint density at radius 1 is 1.39 bits per heavy atom. The van der Waals surface area contributed by atoms with Gasteiger partial charge in [-0.15, -0.1) is 0 Å². The van der Waals surface area contributed by atoms with Crippen LogP contribution in [0.5, 0.6) is 5.75 Å². The maximum atomic E-state index is 13.0. The predicted molar refractivity (Wildman–Crippen MR) is 67.7 cm³/mol. The highest BCUT2D eigenvalue weighted by Crippen LogP contribution is 2.20. The maximum Gasteiger partial charge on any atom is 0.221 e. The molecule has 0 aliphatic rings. The molecule has 1 aromatic rings. The van der Waals surface area contributed by atoms with E-state index in [0.717, 1.165) is 6.42 Å². The summed E-state index contributed by atoms with van der Waals surface area (Å²) < 4.78 is 13.0. The van der Waals surface area contributed by atoms with Gasteiger partial charge in [-0.25, -0.2) is 4.39 Å². The molecular weight excluding hydrogens is 235 g/mol. The largest absolute Gasteiger partial charge is 0.505 e. The summed E-state index contributed by atoms with van der Waals surface area (Å²) in [6.07, 6.45) is 1.28. The van der Waals surface area contributed by atoms with Crippen molar-refractivity contribution in [3.05, 3.63) is 29.6 Å². The average Bonchev–Trinajstić information content (AvgIpc) is 2.37. The SMILES string of the molecule is CCCNC(=O)CCNCc1cccc(F)c1O. The number of amides is 1. The Hall–Kier alpha value is -1.62. The van der Waals surface area contributed by atoms with E-state index in [1.165, 1.54) is 6.07 Å². The van der Waals surface area contributed by atoms with Gasteiger partial charge in [0, 0.05) is 31.6 Å². The summed E-state index contributed by atoms with van der Waals surface area (Å²) >= 11 is 0. The van der Waals surface area contributed by atoms with Crippen LogP contribution in [0, 0.1) is 5.82 Å². The molecule has 0 saturated heterocycles. The minimum atomic E-state index is -0.630. The molecule has 0 aliphatic carbocycles. The lowest BCUT2D eigenvalue weighted by Gasteiger charge is -2.07. The second-order valence-corrected chi connectivity index (χ2v) is 4.02. The van der Waals surface area contributed by atoms with Gasteiger partial charge >= 0.3 is 0 Å². The van der Waals surface area contributed by atoms with Gasteiger partial charge in [0.25, 0.3) is 0 Å². The van der Waals surface area contributed by atoms with Crippen molar-refractivity contribution in [2.75, 3.05) is 13.1 Å². The predicted octanol–water partition coefficient (Wildman–Crippen LogP) is 1.54. The Bertz CT molecular complexity index is 397. The van der Waals surface area contributed by atoms with Crippen molar-refractivity contribution in [1.29, 1.82) is 0 Å². The Balaban J connectivity index is 2.25. The lowest BCUT2D eigenvalue weighted by atomic mass is 10.2. The van der Waals surface area contributed by atoms with E-state index in [4.69, 9.17) is 0 Å². The molecule has 5 heteroatoms. The summed E-state index contributed by atoms with van der Waals surface area (Å²) in [6.45, 7) is 3.50. The standard InChI is InChI=1S/C13H19FN2O2/c1-2-7-16-12(17)6-8-15-9-10-4-3-5-11(14)13(10)18/h3-5,15,18H,2,6-9H2,1H3,(H,16,17). The Morgan fingerprint density at radius 3 is 2.89 bits per heavy atom. The van der Waals surface area contributed by atoms with Crippen molar-refractivity contribution in [1.82, 2.24) is 10.6 Å². The lowest BCUT2D eigenvalue weighted by molar-refractivity contribution is -0.120. The smallest absolute Gasteiger partial charge is 0.221 e. The Labute approximate surface area is 106 Å². The van der Waals surface area contributed by atoms with Crippen molar-refractivity contribution in [3.8, 4) is 5.75 Å². The number of benzene rings is 1. The molecule has 3 N–H and O–H groups in total. The highest BCUT2D eigenvalue weighted by atomic mass is 19.1. The van der Waals surface area contributed by atoms with Crippen LogP contribution in [0.3, 0.4) is 0 Å². The van der Waals surface area contributed by atoms with Gasteiger partial charge in [0.15, 0.2) is 11.6 Å². The molecule has 0 radical (unpaired) electrons. The van der Waals surface area contributed by atoms with Crippen LogP contribution < -0.4 is 10.6 Å². The Morgan fingerprint density at radius 2 is 2.17 bits per heavy atom. The summed E-state index contributed by atoms with van der Waals surface area (Å²) in [4.78, 5) is 11.3. The number of aromatic hydroxyl groups is 1. The lowest BCUT2D eigenvalue weighted by Crippen LogP contribution is -2.28. The van der Waals surface area contributed by atoms with E-state index in [1.54, 1.807) is 12.1 Å². The molecule has 4 nitrogen and oxygen atoms in total. The molecule has 1 rings (SSSR count). The number of nitrogens with one attached hydrogen (secondary N) is 2. The van der Waals surface area contributed by atoms with Gasteiger partial charge in [-0.05, 0) is 12.5 Å². The van der Waals surface area contributed by atoms with Gasteiger partial charge in [-0.2, -0.15) is 0 Å². The third-order valence-corrected chi connectivity index (χ3v) is 2.49. The zero-order chi connectivity index (χ0) is 13.4. The Kier molecular flexibility index (Phi) is 6.14. The number of phenolic OH excluding ortho intramolecular Hbond substituents is 1. The van der Waals surface area contributed by atoms with Gasteiger partial charge in [-0.3, -0.25) is 4.79 Å². The highest BCUT2D eigenvalue weighted by Gasteiger charge is 2.06. The molecule has 0 fully saturated rings. The van der Waals surface area contributed by atoms with Crippen molar-refractivity contribution >= 4 is 5.91 Å². The fourth-order valence-corrected chi connectivity index (χ4v) is 1.48. The van der Waals surface area contributed by atoms with Crippen LogP contribution in [0.1, 0.15) is 25.3 Å². The molecule has 1 aromatic carbocycles. The summed E-state index contributed by atoms with van der Waals surface area (Å²) in [6, 6.07) is 4.39. The quantitative estimate of drug-likeness (QED) is 0.647. The van der Waals surface area contributed by atoms with Gasteiger partial charge in [0.1, 0.15) is 0 Å². The zero-order valence-corrected chi connectivity index (χ0v) is 10.5. The topological polar surface area (TPSA) is 61.4 Å². The first-order chi connectivity index (χ1) is 8.65. The molecule has 0 saturated carbocycles. The van der Waals surface area contributed by atoms with E-state index in [2.05, 4.69) is 10.6 Å². The van der Waals surface area contributed by atoms with E-state index in [1.807, 2.05) is 6.92 Å². The number of para-hydroxylation sites is 1. The molecule has 100 valence electrons. The average molecular weight is 254 g/mol. The van der Waals surface area contributed by atoms with Crippen LogP contribution in [-0.4, -0.2) is 24.1 Å². The van der Waals surface area contributed by atoms with Crippen LogP contribution in [0.2, 0.25) is 0 Å². The summed E-state index contributed by atoms with van der Waals surface area (Å²) in [5.74, 6) is -0.969. The summed E-state index contributed by atoms with van der Waals surface area (Å²) in [7, 11) is 0. The molecule has 18 heavy (non-hydrogen) atoms. The third-order valence-electron chi connectivity index (χ3n) is 2.49.